The number of methoxy groups -OCH3 is 1. The van der Waals surface area contributed by atoms with Gasteiger partial charge in [0.25, 0.3) is 5.91 Å². The zero-order valence-electron chi connectivity index (χ0n) is 18.8. The van der Waals surface area contributed by atoms with Gasteiger partial charge in [-0.2, -0.15) is 0 Å². The van der Waals surface area contributed by atoms with Gasteiger partial charge in [-0.15, -0.1) is 11.3 Å². The summed E-state index contributed by atoms with van der Waals surface area (Å²) >= 11 is 1.65. The minimum Gasteiger partial charge on any atom is -0.497 e. The number of benzene rings is 2. The van der Waals surface area contributed by atoms with Gasteiger partial charge in [-0.25, -0.2) is 15.0 Å². The van der Waals surface area contributed by atoms with Crippen LogP contribution in [-0.2, 0) is 19.4 Å². The number of nitrogens with one attached hydrogen (secondary N) is 2. The normalized spacial score (nSPS) is 10.9. The quantitative estimate of drug-likeness (QED) is 0.331. The van der Waals surface area contributed by atoms with Gasteiger partial charge in [-0.05, 0) is 48.7 Å². The first-order chi connectivity index (χ1) is 16.0. The Balaban J connectivity index is 1.63. The van der Waals surface area contributed by atoms with Crippen molar-refractivity contribution in [2.24, 2.45) is 5.73 Å². The van der Waals surface area contributed by atoms with Crippen molar-refractivity contribution < 1.29 is 9.53 Å². The molecule has 0 aliphatic carbocycles. The minimum atomic E-state index is -0.631. The fourth-order valence-electron chi connectivity index (χ4n) is 3.38. The maximum absolute atomic E-state index is 12.1. The molecule has 0 saturated heterocycles. The Morgan fingerprint density at radius 1 is 1.03 bits per heavy atom. The summed E-state index contributed by atoms with van der Waals surface area (Å²) in [6.45, 7) is 4.60. The van der Waals surface area contributed by atoms with E-state index >= 15 is 0 Å². The highest BCUT2D eigenvalue weighted by Gasteiger charge is 2.17. The molecule has 2 aromatic carbocycles. The van der Waals surface area contributed by atoms with Crippen LogP contribution < -0.4 is 21.1 Å². The van der Waals surface area contributed by atoms with Crippen molar-refractivity contribution >= 4 is 44.8 Å². The summed E-state index contributed by atoms with van der Waals surface area (Å²) in [6.07, 6.45) is 1.49. The molecule has 0 spiro atoms. The monoisotopic (exact) mass is 462 g/mol. The zero-order chi connectivity index (χ0) is 23.4. The summed E-state index contributed by atoms with van der Waals surface area (Å²) in [5, 5.41) is 7.64. The van der Waals surface area contributed by atoms with Gasteiger partial charge in [0.15, 0.2) is 17.3 Å². The van der Waals surface area contributed by atoms with Crippen molar-refractivity contribution in [1.82, 2.24) is 15.0 Å². The second kappa shape index (κ2) is 9.83. The number of aryl methyl sites for hydroxylation is 2. The van der Waals surface area contributed by atoms with E-state index in [0.29, 0.717) is 30.3 Å². The van der Waals surface area contributed by atoms with Gasteiger partial charge in [-0.1, -0.05) is 26.0 Å². The van der Waals surface area contributed by atoms with Crippen LogP contribution in [0.4, 0.5) is 17.3 Å². The lowest BCUT2D eigenvalue weighted by molar-refractivity contribution is 0.0996. The van der Waals surface area contributed by atoms with E-state index in [1.54, 1.807) is 18.4 Å². The van der Waals surface area contributed by atoms with Crippen LogP contribution in [0.25, 0.3) is 10.2 Å². The highest BCUT2D eigenvalue weighted by molar-refractivity contribution is 7.18. The van der Waals surface area contributed by atoms with E-state index in [-0.39, 0.29) is 5.69 Å². The predicted molar refractivity (Wildman–Crippen MR) is 133 cm³/mol. The zero-order valence-corrected chi connectivity index (χ0v) is 19.6. The van der Waals surface area contributed by atoms with Crippen molar-refractivity contribution in [3.63, 3.8) is 0 Å². The molecule has 4 N–H and O–H groups in total. The van der Waals surface area contributed by atoms with Crippen LogP contribution in [0.15, 0.2) is 42.5 Å². The molecule has 0 radical (unpaired) electrons. The number of thiazole rings is 1. The van der Waals surface area contributed by atoms with Crippen LogP contribution in [0.5, 0.6) is 5.75 Å². The number of carbonyl (C=O) groups excluding carboxylic acids is 1. The number of amides is 1. The van der Waals surface area contributed by atoms with Crippen LogP contribution in [0.2, 0.25) is 0 Å². The van der Waals surface area contributed by atoms with Crippen LogP contribution in [0.3, 0.4) is 0 Å². The Labute approximate surface area is 196 Å². The molecule has 2 heterocycles. The van der Waals surface area contributed by atoms with Crippen molar-refractivity contribution in [3.05, 3.63) is 64.4 Å². The third-order valence-corrected chi connectivity index (χ3v) is 6.32. The molecule has 8 nitrogen and oxygen atoms in total. The van der Waals surface area contributed by atoms with E-state index in [4.69, 9.17) is 10.5 Å². The molecule has 0 saturated carbocycles. The fraction of sp³-hybridized carbons (Fsp3) is 0.250. The molecule has 33 heavy (non-hydrogen) atoms. The average molecular weight is 463 g/mol. The van der Waals surface area contributed by atoms with E-state index in [0.717, 1.165) is 38.6 Å². The molecule has 0 atom stereocenters. The number of rotatable bonds is 9. The second-order valence-electron chi connectivity index (χ2n) is 7.40. The maximum atomic E-state index is 12.1. The lowest BCUT2D eigenvalue weighted by Crippen LogP contribution is -2.19. The number of anilines is 3. The Hall–Kier alpha value is -3.72. The summed E-state index contributed by atoms with van der Waals surface area (Å²) in [4.78, 5) is 25.9. The molecule has 4 rings (SSSR count). The Morgan fingerprint density at radius 2 is 1.82 bits per heavy atom. The van der Waals surface area contributed by atoms with Crippen LogP contribution in [0.1, 0.15) is 40.6 Å². The van der Waals surface area contributed by atoms with Gasteiger partial charge >= 0.3 is 0 Å². The molecule has 0 unspecified atom stereocenters. The number of fused-ring (bicyclic) bond motifs is 1. The summed E-state index contributed by atoms with van der Waals surface area (Å²) in [5.74, 6) is 1.09. The third-order valence-electron chi connectivity index (χ3n) is 5.15. The number of aromatic nitrogens is 3. The maximum Gasteiger partial charge on any atom is 0.271 e. The van der Waals surface area contributed by atoms with E-state index in [1.807, 2.05) is 49.4 Å². The number of nitrogens with zero attached hydrogens (tertiary/aromatic N) is 3. The highest BCUT2D eigenvalue weighted by Crippen LogP contribution is 2.28. The first-order valence-electron chi connectivity index (χ1n) is 10.7. The molecular formula is C24H26N6O2S. The molecule has 4 aromatic rings. The third kappa shape index (κ3) is 5.04. The number of hydrogen-bond donors (Lipinski definition) is 3. The van der Waals surface area contributed by atoms with Crippen molar-refractivity contribution in [2.75, 3.05) is 17.7 Å². The summed E-state index contributed by atoms with van der Waals surface area (Å²) in [5.41, 5.74) is 9.21. The molecule has 0 aliphatic rings. The molecule has 1 amide bonds. The van der Waals surface area contributed by atoms with Crippen molar-refractivity contribution in [1.29, 1.82) is 0 Å². The number of nitrogens with two attached hydrogens (primary N) is 1. The van der Waals surface area contributed by atoms with Crippen molar-refractivity contribution in [2.45, 2.75) is 33.2 Å². The van der Waals surface area contributed by atoms with Crippen LogP contribution in [0, 0.1) is 0 Å². The smallest absolute Gasteiger partial charge is 0.271 e. The highest BCUT2D eigenvalue weighted by atomic mass is 32.1. The molecule has 9 heteroatoms. The Kier molecular flexibility index (Phi) is 6.69. The topological polar surface area (TPSA) is 115 Å². The van der Waals surface area contributed by atoms with Gasteiger partial charge in [0.05, 0.1) is 28.0 Å². The molecule has 0 aliphatic heterocycles. The SMILES string of the molecule is CCc1nc2ccc(Nc3nc(NCc4ccc(OC)cc4)c(CC)nc3C(N)=O)cc2s1. The van der Waals surface area contributed by atoms with E-state index in [9.17, 15) is 4.79 Å². The van der Waals surface area contributed by atoms with Gasteiger partial charge in [0, 0.05) is 12.2 Å². The molecule has 0 fully saturated rings. The first kappa shape index (κ1) is 22.5. The molecular weight excluding hydrogens is 436 g/mol. The number of primary amides is 1. The van der Waals surface area contributed by atoms with Gasteiger partial charge in [-0.3, -0.25) is 4.79 Å². The lowest BCUT2D eigenvalue weighted by atomic mass is 10.2. The average Bonchev–Trinajstić information content (AvgIpc) is 3.25. The van der Waals surface area contributed by atoms with Gasteiger partial charge in [0.1, 0.15) is 5.75 Å². The first-order valence-corrected chi connectivity index (χ1v) is 11.6. The number of ether oxygens (including phenoxy) is 1. The Bertz CT molecular complexity index is 1290. The number of hydrogen-bond acceptors (Lipinski definition) is 8. The van der Waals surface area contributed by atoms with Crippen LogP contribution >= 0.6 is 11.3 Å². The largest absolute Gasteiger partial charge is 0.497 e. The predicted octanol–water partition coefficient (Wildman–Crippen LogP) is 4.67. The van der Waals surface area contributed by atoms with Crippen molar-refractivity contribution in [3.8, 4) is 5.75 Å². The summed E-state index contributed by atoms with van der Waals surface area (Å²) < 4.78 is 6.28. The fourth-order valence-corrected chi connectivity index (χ4v) is 4.33. The number of carbonyl (C=O) groups is 1. The van der Waals surface area contributed by atoms with Gasteiger partial charge in [0.2, 0.25) is 0 Å². The summed E-state index contributed by atoms with van der Waals surface area (Å²) in [7, 11) is 1.64. The molecule has 170 valence electrons. The van der Waals surface area contributed by atoms with E-state index in [2.05, 4.69) is 32.5 Å². The second-order valence-corrected chi connectivity index (χ2v) is 8.52. The standard InChI is InChI=1S/C24H26N6O2S/c1-4-17-23(26-13-14-6-9-16(32-3)10-7-14)30-24(21(29-17)22(25)31)27-15-8-11-18-19(12-15)33-20(5-2)28-18/h6-12H,4-5,13H2,1-3H3,(H2,25,31)(H2,26,27,30). The van der Waals surface area contributed by atoms with E-state index < -0.39 is 5.91 Å². The molecule has 0 bridgehead atoms. The summed E-state index contributed by atoms with van der Waals surface area (Å²) in [6, 6.07) is 13.6. The minimum absolute atomic E-state index is 0.112. The van der Waals surface area contributed by atoms with Crippen LogP contribution in [-0.4, -0.2) is 28.0 Å². The molecule has 2 aromatic heterocycles. The van der Waals surface area contributed by atoms with E-state index in [1.165, 1.54) is 0 Å². The lowest BCUT2D eigenvalue weighted by Gasteiger charge is -2.15. The van der Waals surface area contributed by atoms with Gasteiger partial charge < -0.3 is 21.1 Å². The Morgan fingerprint density at radius 3 is 2.48 bits per heavy atom.